The Morgan fingerprint density at radius 1 is 1.14 bits per heavy atom. The standard InChI is InChI=1S/C30H36ClFN6O4/c1-18-15-37(29(40)42-30(3,4)5)16-19(2)38(18)11-7-8-27(39)36-25-13-21-24(14-26(25)41-6)33-17-34-28(21)35-20-9-10-23(32)22(31)12-20/h7-10,12-14,17-19H,11,15-16H2,1-6H3,(H,36,39)(H,33,34,35)/b8-7+. The number of fused-ring (bicyclic) bond motifs is 1. The summed E-state index contributed by atoms with van der Waals surface area (Å²) in [7, 11) is 1.51. The summed E-state index contributed by atoms with van der Waals surface area (Å²) >= 11 is 5.93. The number of hydrogen-bond donors (Lipinski definition) is 2. The van der Waals surface area contributed by atoms with E-state index in [1.165, 1.54) is 31.6 Å². The van der Waals surface area contributed by atoms with Gasteiger partial charge in [0.15, 0.2) is 0 Å². The third kappa shape index (κ3) is 7.65. The number of rotatable bonds is 7. The maximum atomic E-state index is 13.6. The van der Waals surface area contributed by atoms with E-state index in [-0.39, 0.29) is 29.1 Å². The van der Waals surface area contributed by atoms with Crippen LogP contribution in [0.1, 0.15) is 34.6 Å². The number of anilines is 3. The van der Waals surface area contributed by atoms with Crippen molar-refractivity contribution >= 4 is 51.7 Å². The van der Waals surface area contributed by atoms with Crippen molar-refractivity contribution in [2.45, 2.75) is 52.3 Å². The van der Waals surface area contributed by atoms with Crippen LogP contribution in [-0.2, 0) is 9.53 Å². The molecule has 2 N–H and O–H groups in total. The van der Waals surface area contributed by atoms with E-state index in [0.29, 0.717) is 53.5 Å². The fraction of sp³-hybridized carbons (Fsp3) is 0.400. The van der Waals surface area contributed by atoms with E-state index in [0.717, 1.165) is 0 Å². The number of nitrogens with one attached hydrogen (secondary N) is 2. The van der Waals surface area contributed by atoms with Crippen LogP contribution in [0.25, 0.3) is 10.9 Å². The van der Waals surface area contributed by atoms with Crippen LogP contribution in [0.15, 0.2) is 48.8 Å². The van der Waals surface area contributed by atoms with Crippen LogP contribution in [0.4, 0.5) is 26.4 Å². The summed E-state index contributed by atoms with van der Waals surface area (Å²) < 4.78 is 24.6. The third-order valence-electron chi connectivity index (χ3n) is 6.74. The van der Waals surface area contributed by atoms with Gasteiger partial charge in [0.25, 0.3) is 0 Å². The molecule has 1 saturated heterocycles. The molecule has 4 rings (SSSR count). The topological polar surface area (TPSA) is 109 Å². The van der Waals surface area contributed by atoms with Gasteiger partial charge in [-0.25, -0.2) is 19.2 Å². The fourth-order valence-corrected chi connectivity index (χ4v) is 4.99. The van der Waals surface area contributed by atoms with Gasteiger partial charge in [0.2, 0.25) is 5.91 Å². The maximum Gasteiger partial charge on any atom is 0.410 e. The molecule has 12 heteroatoms. The molecule has 42 heavy (non-hydrogen) atoms. The molecule has 1 aliphatic heterocycles. The zero-order valence-electron chi connectivity index (χ0n) is 24.6. The number of piperazine rings is 1. The number of benzene rings is 2. The van der Waals surface area contributed by atoms with Crippen molar-refractivity contribution < 1.29 is 23.5 Å². The second-order valence-corrected chi connectivity index (χ2v) is 11.6. The number of aromatic nitrogens is 2. The van der Waals surface area contributed by atoms with Crippen LogP contribution in [0.5, 0.6) is 5.75 Å². The number of carbonyl (C=O) groups is 2. The van der Waals surface area contributed by atoms with Crippen LogP contribution >= 0.6 is 11.6 Å². The lowest BCUT2D eigenvalue weighted by molar-refractivity contribution is -0.111. The predicted octanol–water partition coefficient (Wildman–Crippen LogP) is 6.00. The van der Waals surface area contributed by atoms with Gasteiger partial charge in [0, 0.05) is 54.9 Å². The fourth-order valence-electron chi connectivity index (χ4n) is 4.81. The highest BCUT2D eigenvalue weighted by atomic mass is 35.5. The van der Waals surface area contributed by atoms with Crippen molar-refractivity contribution in [2.24, 2.45) is 0 Å². The molecular weight excluding hydrogens is 563 g/mol. The first-order chi connectivity index (χ1) is 19.8. The van der Waals surface area contributed by atoms with E-state index in [1.54, 1.807) is 29.2 Å². The van der Waals surface area contributed by atoms with Crippen molar-refractivity contribution in [3.8, 4) is 5.75 Å². The van der Waals surface area contributed by atoms with Crippen molar-refractivity contribution in [3.05, 3.63) is 59.7 Å². The zero-order chi connectivity index (χ0) is 30.6. The Morgan fingerprint density at radius 2 is 1.86 bits per heavy atom. The highest BCUT2D eigenvalue weighted by Crippen LogP contribution is 2.33. The smallest absolute Gasteiger partial charge is 0.410 e. The molecule has 2 unspecified atom stereocenters. The Labute approximate surface area is 249 Å². The minimum absolute atomic E-state index is 0.0199. The first kappa shape index (κ1) is 31.0. The zero-order valence-corrected chi connectivity index (χ0v) is 25.3. The Hall–Kier alpha value is -3.96. The summed E-state index contributed by atoms with van der Waals surface area (Å²) in [6.45, 7) is 11.3. The molecule has 2 heterocycles. The van der Waals surface area contributed by atoms with Gasteiger partial charge in [-0.1, -0.05) is 17.7 Å². The molecule has 10 nitrogen and oxygen atoms in total. The van der Waals surface area contributed by atoms with Crippen molar-refractivity contribution in [1.82, 2.24) is 19.8 Å². The third-order valence-corrected chi connectivity index (χ3v) is 7.03. The number of carbonyl (C=O) groups excluding carboxylic acids is 2. The van der Waals surface area contributed by atoms with Crippen molar-refractivity contribution in [2.75, 3.05) is 37.4 Å². The highest BCUT2D eigenvalue weighted by molar-refractivity contribution is 6.31. The van der Waals surface area contributed by atoms with E-state index >= 15 is 0 Å². The van der Waals surface area contributed by atoms with Gasteiger partial charge in [-0.05, 0) is 58.9 Å². The molecular formula is C30H36ClFN6O4. The predicted molar refractivity (Wildman–Crippen MR) is 162 cm³/mol. The first-order valence-corrected chi connectivity index (χ1v) is 14.0. The summed E-state index contributed by atoms with van der Waals surface area (Å²) in [4.78, 5) is 38.0. The van der Waals surface area contributed by atoms with Crippen LogP contribution < -0.4 is 15.4 Å². The van der Waals surface area contributed by atoms with Gasteiger partial charge in [-0.3, -0.25) is 9.69 Å². The molecule has 1 aromatic heterocycles. The van der Waals surface area contributed by atoms with E-state index in [1.807, 2.05) is 20.8 Å². The Bertz CT molecular complexity index is 1480. The molecule has 0 saturated carbocycles. The summed E-state index contributed by atoms with van der Waals surface area (Å²) in [6, 6.07) is 7.84. The van der Waals surface area contributed by atoms with Crippen LogP contribution in [0, 0.1) is 5.82 Å². The lowest BCUT2D eigenvalue weighted by Gasteiger charge is -2.44. The SMILES string of the molecule is COc1cc2ncnc(Nc3ccc(F)c(Cl)c3)c2cc1NC(=O)/C=C/CN1C(C)CN(C(=O)OC(C)(C)C)CC1C. The molecule has 0 bridgehead atoms. The minimum Gasteiger partial charge on any atom is -0.494 e. The van der Waals surface area contributed by atoms with E-state index in [2.05, 4.69) is 39.3 Å². The van der Waals surface area contributed by atoms with Crippen LogP contribution in [0.2, 0.25) is 5.02 Å². The molecule has 0 aliphatic carbocycles. The van der Waals surface area contributed by atoms with E-state index < -0.39 is 11.4 Å². The molecule has 2 aromatic carbocycles. The monoisotopic (exact) mass is 598 g/mol. The average molecular weight is 599 g/mol. The second-order valence-electron chi connectivity index (χ2n) is 11.2. The Kier molecular flexibility index (Phi) is 9.53. The Balaban J connectivity index is 1.44. The van der Waals surface area contributed by atoms with Gasteiger partial charge < -0.3 is 25.0 Å². The maximum absolute atomic E-state index is 13.6. The number of amides is 2. The van der Waals surface area contributed by atoms with Crippen LogP contribution in [0.3, 0.4) is 0 Å². The molecule has 2 amide bonds. The van der Waals surface area contributed by atoms with Gasteiger partial charge in [0.1, 0.15) is 29.3 Å². The number of ether oxygens (including phenoxy) is 2. The lowest BCUT2D eigenvalue weighted by Crippen LogP contribution is -2.58. The normalized spacial score (nSPS) is 17.9. The highest BCUT2D eigenvalue weighted by Gasteiger charge is 2.33. The number of methoxy groups -OCH3 is 1. The van der Waals surface area contributed by atoms with Crippen LogP contribution in [-0.4, -0.2) is 76.2 Å². The molecule has 0 spiro atoms. The summed E-state index contributed by atoms with van der Waals surface area (Å²) in [6.07, 6.45) is 4.36. The molecule has 1 aliphatic rings. The molecule has 224 valence electrons. The van der Waals surface area contributed by atoms with Gasteiger partial charge >= 0.3 is 6.09 Å². The first-order valence-electron chi connectivity index (χ1n) is 13.6. The van der Waals surface area contributed by atoms with Gasteiger partial charge in [-0.15, -0.1) is 0 Å². The van der Waals surface area contributed by atoms with Gasteiger partial charge in [-0.2, -0.15) is 0 Å². The Morgan fingerprint density at radius 3 is 2.50 bits per heavy atom. The van der Waals surface area contributed by atoms with E-state index in [9.17, 15) is 14.0 Å². The molecule has 2 atom stereocenters. The summed E-state index contributed by atoms with van der Waals surface area (Å²) in [5, 5.41) is 6.59. The number of hydrogen-bond acceptors (Lipinski definition) is 8. The largest absolute Gasteiger partial charge is 0.494 e. The quantitative estimate of drug-likeness (QED) is 0.319. The lowest BCUT2D eigenvalue weighted by atomic mass is 10.1. The molecule has 3 aromatic rings. The number of nitrogens with zero attached hydrogens (tertiary/aromatic N) is 4. The minimum atomic E-state index is -0.549. The van der Waals surface area contributed by atoms with Gasteiger partial charge in [0.05, 0.1) is 23.3 Å². The molecule has 0 radical (unpaired) electrons. The van der Waals surface area contributed by atoms with Crippen molar-refractivity contribution in [3.63, 3.8) is 0 Å². The van der Waals surface area contributed by atoms with Crippen molar-refractivity contribution in [1.29, 1.82) is 0 Å². The second kappa shape index (κ2) is 12.9. The van der Waals surface area contributed by atoms with E-state index in [4.69, 9.17) is 21.1 Å². The average Bonchev–Trinajstić information content (AvgIpc) is 2.91. The summed E-state index contributed by atoms with van der Waals surface area (Å²) in [5.41, 5.74) is 1.01. The molecule has 1 fully saturated rings. The number of halogens is 2. The summed E-state index contributed by atoms with van der Waals surface area (Å²) in [5.74, 6) is 0.0191.